The monoisotopic (exact) mass is 410 g/mol. The van der Waals surface area contributed by atoms with Crippen molar-refractivity contribution in [1.29, 1.82) is 0 Å². The van der Waals surface area contributed by atoms with Gasteiger partial charge in [0.05, 0.1) is 13.3 Å². The molecule has 21 heavy (non-hydrogen) atoms. The highest BCUT2D eigenvalue weighted by Gasteiger charge is 2.04. The molecule has 0 aliphatic heterocycles. The smallest absolute Gasteiger partial charge is 0.271 e. The molecule has 0 aliphatic carbocycles. The van der Waals surface area contributed by atoms with E-state index in [1.165, 1.54) is 0 Å². The Morgan fingerprint density at radius 2 is 1.81 bits per heavy atom. The lowest BCUT2D eigenvalue weighted by atomic mass is 10.2. The maximum Gasteiger partial charge on any atom is 0.271 e. The first-order chi connectivity index (χ1) is 10.1. The number of halogens is 2. The second kappa shape index (κ2) is 7.38. The molecule has 0 atom stereocenters. The van der Waals surface area contributed by atoms with Gasteiger partial charge in [0.2, 0.25) is 0 Å². The summed E-state index contributed by atoms with van der Waals surface area (Å²) in [5.74, 6) is 0.410. The Kier molecular flexibility index (Phi) is 5.52. The van der Waals surface area contributed by atoms with Crippen LogP contribution in [0.15, 0.2) is 56.5 Å². The summed E-state index contributed by atoms with van der Waals surface area (Å²) in [6, 6.07) is 12.6. The first kappa shape index (κ1) is 15.7. The van der Waals surface area contributed by atoms with Crippen LogP contribution in [0.4, 0.5) is 0 Å². The maximum absolute atomic E-state index is 11.9. The van der Waals surface area contributed by atoms with Crippen LogP contribution in [0, 0.1) is 0 Å². The highest BCUT2D eigenvalue weighted by atomic mass is 79.9. The van der Waals surface area contributed by atoms with Crippen LogP contribution in [-0.4, -0.2) is 19.2 Å². The summed E-state index contributed by atoms with van der Waals surface area (Å²) >= 11 is 6.70. The summed E-state index contributed by atoms with van der Waals surface area (Å²) in [5, 5.41) is 3.95. The van der Waals surface area contributed by atoms with E-state index in [1.807, 2.05) is 18.2 Å². The molecule has 6 heteroatoms. The molecule has 0 spiro atoms. The second-order valence-corrected chi connectivity index (χ2v) is 5.92. The lowest BCUT2D eigenvalue weighted by Crippen LogP contribution is -2.17. The molecule has 0 heterocycles. The summed E-state index contributed by atoms with van der Waals surface area (Å²) < 4.78 is 7.05. The number of ether oxygens (including phenoxy) is 1. The fourth-order valence-corrected chi connectivity index (χ4v) is 2.28. The van der Waals surface area contributed by atoms with Crippen LogP contribution in [0.5, 0.6) is 5.75 Å². The van der Waals surface area contributed by atoms with E-state index in [1.54, 1.807) is 37.6 Å². The highest BCUT2D eigenvalue weighted by molar-refractivity contribution is 9.10. The van der Waals surface area contributed by atoms with E-state index in [4.69, 9.17) is 4.74 Å². The summed E-state index contributed by atoms with van der Waals surface area (Å²) in [7, 11) is 1.58. The van der Waals surface area contributed by atoms with Crippen molar-refractivity contribution in [2.24, 2.45) is 5.10 Å². The van der Waals surface area contributed by atoms with Gasteiger partial charge in [-0.3, -0.25) is 4.79 Å². The molecule has 1 amide bonds. The van der Waals surface area contributed by atoms with Crippen LogP contribution >= 0.6 is 31.9 Å². The molecule has 0 aliphatic rings. The molecule has 2 rings (SSSR count). The number of carbonyl (C=O) groups excluding carboxylic acids is 1. The van der Waals surface area contributed by atoms with Crippen LogP contribution in [0.3, 0.4) is 0 Å². The summed E-state index contributed by atoms with van der Waals surface area (Å²) in [6.07, 6.45) is 1.54. The van der Waals surface area contributed by atoms with E-state index in [9.17, 15) is 4.79 Å². The SMILES string of the molecule is COc1ccc(Br)cc1/C=N/NC(=O)c1ccc(Br)cc1. The number of rotatable bonds is 4. The largest absolute Gasteiger partial charge is 0.496 e. The molecule has 1 N–H and O–H groups in total. The van der Waals surface area contributed by atoms with Crippen LogP contribution in [0.2, 0.25) is 0 Å². The molecule has 108 valence electrons. The van der Waals surface area contributed by atoms with E-state index in [0.717, 1.165) is 14.5 Å². The molecule has 0 unspecified atom stereocenters. The molecule has 2 aromatic carbocycles. The number of hydrogen-bond acceptors (Lipinski definition) is 3. The van der Waals surface area contributed by atoms with Crippen LogP contribution < -0.4 is 10.2 Å². The molecule has 0 radical (unpaired) electrons. The Hall–Kier alpha value is -1.66. The van der Waals surface area contributed by atoms with Gasteiger partial charge in [0, 0.05) is 20.1 Å². The molecule has 0 saturated heterocycles. The van der Waals surface area contributed by atoms with Crippen molar-refractivity contribution < 1.29 is 9.53 Å². The molecule has 4 nitrogen and oxygen atoms in total. The fourth-order valence-electron chi connectivity index (χ4n) is 1.63. The number of methoxy groups -OCH3 is 1. The molecule has 0 saturated carbocycles. The van der Waals surface area contributed by atoms with Gasteiger partial charge < -0.3 is 4.74 Å². The second-order valence-electron chi connectivity index (χ2n) is 4.09. The number of hydrazone groups is 1. The molecule has 0 bridgehead atoms. The van der Waals surface area contributed by atoms with Crippen LogP contribution in [0.25, 0.3) is 0 Å². The fraction of sp³-hybridized carbons (Fsp3) is 0.0667. The number of amides is 1. The highest BCUT2D eigenvalue weighted by Crippen LogP contribution is 2.21. The minimum atomic E-state index is -0.271. The normalized spacial score (nSPS) is 10.6. The Morgan fingerprint density at radius 3 is 2.48 bits per heavy atom. The zero-order valence-corrected chi connectivity index (χ0v) is 14.3. The van der Waals surface area contributed by atoms with Crippen molar-refractivity contribution in [2.75, 3.05) is 7.11 Å². The third kappa shape index (κ3) is 4.41. The topological polar surface area (TPSA) is 50.7 Å². The molecule has 2 aromatic rings. The standard InChI is InChI=1S/C15H12Br2N2O2/c1-21-14-7-6-13(17)8-11(14)9-18-19-15(20)10-2-4-12(16)5-3-10/h2-9H,1H3,(H,19,20)/b18-9+. The third-order valence-electron chi connectivity index (χ3n) is 2.67. The van der Waals surface area contributed by atoms with E-state index < -0.39 is 0 Å². The van der Waals surface area contributed by atoms with E-state index in [0.29, 0.717) is 11.3 Å². The lowest BCUT2D eigenvalue weighted by Gasteiger charge is -2.04. The number of carbonyl (C=O) groups is 1. The van der Waals surface area contributed by atoms with Gasteiger partial charge >= 0.3 is 0 Å². The van der Waals surface area contributed by atoms with Gasteiger partial charge in [-0.15, -0.1) is 0 Å². The lowest BCUT2D eigenvalue weighted by molar-refractivity contribution is 0.0955. The average molecular weight is 412 g/mol. The van der Waals surface area contributed by atoms with E-state index >= 15 is 0 Å². The van der Waals surface area contributed by atoms with Gasteiger partial charge in [0.25, 0.3) is 5.91 Å². The van der Waals surface area contributed by atoms with Gasteiger partial charge in [-0.25, -0.2) is 5.43 Å². The van der Waals surface area contributed by atoms with Gasteiger partial charge in [-0.05, 0) is 42.5 Å². The van der Waals surface area contributed by atoms with Gasteiger partial charge in [0.1, 0.15) is 5.75 Å². The van der Waals surface area contributed by atoms with E-state index in [2.05, 4.69) is 42.4 Å². The van der Waals surface area contributed by atoms with Crippen molar-refractivity contribution in [2.45, 2.75) is 0 Å². The Balaban J connectivity index is 2.07. The molecular formula is C15H12Br2N2O2. The Bertz CT molecular complexity index is 670. The van der Waals surface area contributed by atoms with Crippen LogP contribution in [0.1, 0.15) is 15.9 Å². The average Bonchev–Trinajstić information content (AvgIpc) is 2.48. The number of hydrogen-bond donors (Lipinski definition) is 1. The zero-order chi connectivity index (χ0) is 15.2. The van der Waals surface area contributed by atoms with Crippen molar-refractivity contribution in [1.82, 2.24) is 5.43 Å². The number of benzene rings is 2. The summed E-state index contributed by atoms with van der Waals surface area (Å²) in [6.45, 7) is 0. The van der Waals surface area contributed by atoms with E-state index in [-0.39, 0.29) is 5.91 Å². The first-order valence-corrected chi connectivity index (χ1v) is 7.61. The summed E-state index contributed by atoms with van der Waals surface area (Å²) in [5.41, 5.74) is 3.79. The summed E-state index contributed by atoms with van der Waals surface area (Å²) in [4.78, 5) is 11.9. The Labute approximate surface area is 139 Å². The maximum atomic E-state index is 11.9. The first-order valence-electron chi connectivity index (χ1n) is 6.02. The van der Waals surface area contributed by atoms with Gasteiger partial charge in [-0.1, -0.05) is 31.9 Å². The molecule has 0 aromatic heterocycles. The van der Waals surface area contributed by atoms with Crippen molar-refractivity contribution >= 4 is 44.0 Å². The van der Waals surface area contributed by atoms with Crippen molar-refractivity contribution in [3.05, 3.63) is 62.5 Å². The number of nitrogens with zero attached hydrogens (tertiary/aromatic N) is 1. The number of nitrogens with one attached hydrogen (secondary N) is 1. The van der Waals surface area contributed by atoms with Crippen molar-refractivity contribution in [3.63, 3.8) is 0 Å². The molecule has 0 fully saturated rings. The third-order valence-corrected chi connectivity index (χ3v) is 3.69. The predicted molar refractivity (Wildman–Crippen MR) is 89.9 cm³/mol. The van der Waals surface area contributed by atoms with Crippen LogP contribution in [-0.2, 0) is 0 Å². The van der Waals surface area contributed by atoms with Gasteiger partial charge in [-0.2, -0.15) is 5.10 Å². The predicted octanol–water partition coefficient (Wildman–Crippen LogP) is 3.98. The minimum absolute atomic E-state index is 0.271. The minimum Gasteiger partial charge on any atom is -0.496 e. The van der Waals surface area contributed by atoms with Gasteiger partial charge in [0.15, 0.2) is 0 Å². The zero-order valence-electron chi connectivity index (χ0n) is 11.1. The Morgan fingerprint density at radius 1 is 1.14 bits per heavy atom. The molecular weight excluding hydrogens is 400 g/mol. The quantitative estimate of drug-likeness (QED) is 0.610. The van der Waals surface area contributed by atoms with Crippen molar-refractivity contribution in [3.8, 4) is 5.75 Å².